The molecule has 0 amide bonds. The molecule has 102 valence electrons. The third kappa shape index (κ3) is 2.60. The minimum absolute atomic E-state index is 0.415. The number of hydrogen-bond acceptors (Lipinski definition) is 1. The van der Waals surface area contributed by atoms with Crippen LogP contribution in [-0.2, 0) is 12.4 Å². The van der Waals surface area contributed by atoms with Crippen LogP contribution < -0.4 is 0 Å². The first-order valence-corrected chi connectivity index (χ1v) is 7.76. The van der Waals surface area contributed by atoms with Gasteiger partial charge in [-0.3, -0.25) is 0 Å². The molecule has 0 N–H and O–H groups in total. The zero-order valence-corrected chi connectivity index (χ0v) is 13.4. The Morgan fingerprint density at radius 2 is 1.90 bits per heavy atom. The predicted octanol–water partition coefficient (Wildman–Crippen LogP) is 4.89. The van der Waals surface area contributed by atoms with Crippen LogP contribution >= 0.6 is 27.5 Å². The maximum absolute atomic E-state index is 6.04. The molecule has 0 spiro atoms. The fourth-order valence-corrected chi connectivity index (χ4v) is 2.86. The van der Waals surface area contributed by atoms with Crippen molar-refractivity contribution in [2.45, 2.75) is 19.3 Å². The molecule has 0 bridgehead atoms. The number of imidazole rings is 1. The Hall–Kier alpha value is -1.32. The van der Waals surface area contributed by atoms with Gasteiger partial charge in [-0.25, -0.2) is 4.98 Å². The summed E-state index contributed by atoms with van der Waals surface area (Å²) in [5.41, 5.74) is 4.61. The van der Waals surface area contributed by atoms with Crippen molar-refractivity contribution in [3.63, 3.8) is 0 Å². The highest BCUT2D eigenvalue weighted by molar-refractivity contribution is 9.10. The number of nitrogens with zero attached hydrogens (tertiary/aromatic N) is 2. The van der Waals surface area contributed by atoms with Crippen LogP contribution in [0.5, 0.6) is 0 Å². The maximum atomic E-state index is 6.04. The van der Waals surface area contributed by atoms with E-state index in [2.05, 4.69) is 62.7 Å². The third-order valence-corrected chi connectivity index (χ3v) is 4.10. The number of alkyl halides is 1. The number of halogens is 2. The normalized spacial score (nSPS) is 11.2. The Bertz CT molecular complexity index is 747. The van der Waals surface area contributed by atoms with Gasteiger partial charge >= 0.3 is 0 Å². The first kappa shape index (κ1) is 13.7. The number of aromatic nitrogens is 2. The van der Waals surface area contributed by atoms with Crippen LogP contribution in [0.2, 0.25) is 0 Å². The van der Waals surface area contributed by atoms with Crippen LogP contribution in [0.3, 0.4) is 0 Å². The number of hydrogen-bond donors (Lipinski definition) is 0. The van der Waals surface area contributed by atoms with E-state index in [1.807, 2.05) is 12.1 Å². The summed E-state index contributed by atoms with van der Waals surface area (Å²) >= 11 is 9.52. The summed E-state index contributed by atoms with van der Waals surface area (Å²) < 4.78 is 3.21. The summed E-state index contributed by atoms with van der Waals surface area (Å²) in [6.07, 6.45) is 0. The van der Waals surface area contributed by atoms with Crippen molar-refractivity contribution < 1.29 is 0 Å². The molecule has 1 aromatic heterocycles. The van der Waals surface area contributed by atoms with Crippen LogP contribution in [0.1, 0.15) is 17.0 Å². The molecule has 3 rings (SSSR count). The molecule has 0 saturated heterocycles. The summed E-state index contributed by atoms with van der Waals surface area (Å²) in [5, 5.41) is 0. The van der Waals surface area contributed by atoms with Gasteiger partial charge in [0.05, 0.1) is 16.9 Å². The highest BCUT2D eigenvalue weighted by atomic mass is 79.9. The molecule has 0 aliphatic heterocycles. The molecule has 0 saturated carbocycles. The minimum Gasteiger partial charge on any atom is -0.322 e. The highest BCUT2D eigenvalue weighted by Crippen LogP contribution is 2.23. The molecule has 0 aliphatic rings. The van der Waals surface area contributed by atoms with Crippen molar-refractivity contribution >= 4 is 38.6 Å². The first-order chi connectivity index (χ1) is 9.67. The van der Waals surface area contributed by atoms with E-state index in [0.717, 1.165) is 27.9 Å². The molecular weight excluding hydrogens is 336 g/mol. The average molecular weight is 350 g/mol. The van der Waals surface area contributed by atoms with Crippen molar-refractivity contribution in [2.75, 3.05) is 0 Å². The van der Waals surface area contributed by atoms with Crippen LogP contribution in [0, 0.1) is 6.92 Å². The molecule has 0 aliphatic carbocycles. The molecule has 2 aromatic carbocycles. The second kappa shape index (κ2) is 5.58. The van der Waals surface area contributed by atoms with Crippen molar-refractivity contribution in [3.8, 4) is 0 Å². The molecule has 4 heteroatoms. The smallest absolute Gasteiger partial charge is 0.125 e. The predicted molar refractivity (Wildman–Crippen MR) is 87.3 cm³/mol. The molecule has 0 atom stereocenters. The number of aryl methyl sites for hydroxylation is 1. The summed E-state index contributed by atoms with van der Waals surface area (Å²) in [4.78, 5) is 4.61. The van der Waals surface area contributed by atoms with Crippen LogP contribution in [0.4, 0.5) is 0 Å². The fraction of sp³-hybridized carbons (Fsp3) is 0.188. The van der Waals surface area contributed by atoms with Crippen LogP contribution in [0.15, 0.2) is 46.9 Å². The lowest BCUT2D eigenvalue weighted by molar-refractivity contribution is 0.778. The van der Waals surface area contributed by atoms with Crippen molar-refractivity contribution in [3.05, 3.63) is 63.9 Å². The largest absolute Gasteiger partial charge is 0.322 e. The lowest BCUT2D eigenvalue weighted by atomic mass is 10.1. The zero-order valence-electron chi connectivity index (χ0n) is 11.1. The van der Waals surface area contributed by atoms with Gasteiger partial charge in [0.1, 0.15) is 5.82 Å². The third-order valence-electron chi connectivity index (χ3n) is 3.37. The van der Waals surface area contributed by atoms with E-state index in [9.17, 15) is 0 Å². The number of benzene rings is 2. The summed E-state index contributed by atoms with van der Waals surface area (Å²) in [7, 11) is 0. The van der Waals surface area contributed by atoms with Gasteiger partial charge in [0.15, 0.2) is 0 Å². The van der Waals surface area contributed by atoms with Crippen molar-refractivity contribution in [2.24, 2.45) is 0 Å². The van der Waals surface area contributed by atoms with E-state index in [4.69, 9.17) is 11.6 Å². The van der Waals surface area contributed by atoms with E-state index in [1.54, 1.807) is 0 Å². The SMILES string of the molecule is Cc1ccc(Cn2c(CCl)nc3cc(Br)ccc32)cc1. The monoisotopic (exact) mass is 348 g/mol. The molecule has 2 nitrogen and oxygen atoms in total. The highest BCUT2D eigenvalue weighted by Gasteiger charge is 2.10. The molecule has 0 unspecified atom stereocenters. The maximum Gasteiger partial charge on any atom is 0.125 e. The van der Waals surface area contributed by atoms with Gasteiger partial charge in [-0.15, -0.1) is 11.6 Å². The molecule has 0 fully saturated rings. The van der Waals surface area contributed by atoms with Gasteiger partial charge < -0.3 is 4.57 Å². The Morgan fingerprint density at radius 1 is 1.15 bits per heavy atom. The minimum atomic E-state index is 0.415. The fourth-order valence-electron chi connectivity index (χ4n) is 2.31. The molecule has 3 aromatic rings. The topological polar surface area (TPSA) is 17.8 Å². The molecule has 1 heterocycles. The average Bonchev–Trinajstić information content (AvgIpc) is 2.78. The number of rotatable bonds is 3. The van der Waals surface area contributed by atoms with E-state index in [1.165, 1.54) is 11.1 Å². The summed E-state index contributed by atoms with van der Waals surface area (Å²) in [5.74, 6) is 1.32. The number of fused-ring (bicyclic) bond motifs is 1. The second-order valence-electron chi connectivity index (χ2n) is 4.87. The molecule has 20 heavy (non-hydrogen) atoms. The van der Waals surface area contributed by atoms with Gasteiger partial charge in [0.2, 0.25) is 0 Å². The van der Waals surface area contributed by atoms with Crippen molar-refractivity contribution in [1.82, 2.24) is 9.55 Å². The zero-order chi connectivity index (χ0) is 14.1. The second-order valence-corrected chi connectivity index (χ2v) is 6.05. The Balaban J connectivity index is 2.07. The first-order valence-electron chi connectivity index (χ1n) is 6.43. The van der Waals surface area contributed by atoms with E-state index >= 15 is 0 Å². The summed E-state index contributed by atoms with van der Waals surface area (Å²) in [6.45, 7) is 2.89. The van der Waals surface area contributed by atoms with Crippen LogP contribution in [0.25, 0.3) is 11.0 Å². The standard InChI is InChI=1S/C16H14BrClN2/c1-11-2-4-12(5-3-11)10-20-15-7-6-13(17)8-14(15)19-16(20)9-18/h2-8H,9-10H2,1H3. The summed E-state index contributed by atoms with van der Waals surface area (Å²) in [6, 6.07) is 14.7. The van der Waals surface area contributed by atoms with Gasteiger partial charge in [0.25, 0.3) is 0 Å². The van der Waals surface area contributed by atoms with Gasteiger partial charge in [-0.05, 0) is 30.7 Å². The lowest BCUT2D eigenvalue weighted by Crippen LogP contribution is -2.03. The van der Waals surface area contributed by atoms with E-state index in [-0.39, 0.29) is 0 Å². The van der Waals surface area contributed by atoms with Crippen LogP contribution in [-0.4, -0.2) is 9.55 Å². The van der Waals surface area contributed by atoms with Gasteiger partial charge in [-0.1, -0.05) is 45.8 Å². The van der Waals surface area contributed by atoms with E-state index < -0.39 is 0 Å². The molecular formula is C16H14BrClN2. The quantitative estimate of drug-likeness (QED) is 0.615. The van der Waals surface area contributed by atoms with E-state index in [0.29, 0.717) is 5.88 Å². The van der Waals surface area contributed by atoms with Gasteiger partial charge in [-0.2, -0.15) is 0 Å². The Morgan fingerprint density at radius 3 is 2.60 bits per heavy atom. The Labute approximate surface area is 131 Å². The lowest BCUT2D eigenvalue weighted by Gasteiger charge is -2.08. The molecule has 0 radical (unpaired) electrons. The Kier molecular flexibility index (Phi) is 3.81. The van der Waals surface area contributed by atoms with Gasteiger partial charge in [0, 0.05) is 11.0 Å². The van der Waals surface area contributed by atoms with Crippen molar-refractivity contribution in [1.29, 1.82) is 0 Å².